The van der Waals surface area contributed by atoms with Crippen LogP contribution in [0.25, 0.3) is 0 Å². The van der Waals surface area contributed by atoms with Crippen LogP contribution in [0.1, 0.15) is 22.8 Å². The Labute approximate surface area is 153 Å². The third kappa shape index (κ3) is 5.44. The number of hydrogen-bond donors (Lipinski definition) is 2. The number of nitrogens with one attached hydrogen (secondary N) is 2. The van der Waals surface area contributed by atoms with E-state index in [1.54, 1.807) is 30.3 Å². The molecular formula is C19H14F3N3O2. The van der Waals surface area contributed by atoms with Crippen LogP contribution in [0.3, 0.4) is 0 Å². The minimum absolute atomic E-state index is 0.0817. The molecule has 0 aromatic heterocycles. The largest absolute Gasteiger partial charge is 0.416 e. The monoisotopic (exact) mass is 373 g/mol. The predicted molar refractivity (Wildman–Crippen MR) is 93.8 cm³/mol. The maximum atomic E-state index is 12.7. The zero-order valence-corrected chi connectivity index (χ0v) is 14.1. The van der Waals surface area contributed by atoms with Crippen LogP contribution in [0.2, 0.25) is 0 Å². The van der Waals surface area contributed by atoms with Gasteiger partial charge in [-0.2, -0.15) is 18.4 Å². The average molecular weight is 373 g/mol. The van der Waals surface area contributed by atoms with Crippen LogP contribution in [-0.2, 0) is 11.0 Å². The first-order valence-electron chi connectivity index (χ1n) is 7.67. The van der Waals surface area contributed by atoms with Crippen molar-refractivity contribution in [3.63, 3.8) is 0 Å². The van der Waals surface area contributed by atoms with E-state index in [9.17, 15) is 22.8 Å². The molecule has 0 unspecified atom stereocenters. The second-order valence-electron chi connectivity index (χ2n) is 5.48. The van der Waals surface area contributed by atoms with Crippen molar-refractivity contribution in [2.45, 2.75) is 13.1 Å². The van der Waals surface area contributed by atoms with Crippen LogP contribution in [-0.4, -0.2) is 11.7 Å². The van der Waals surface area contributed by atoms with Gasteiger partial charge in [-0.15, -0.1) is 0 Å². The molecule has 27 heavy (non-hydrogen) atoms. The number of benzene rings is 2. The predicted octanol–water partition coefficient (Wildman–Crippen LogP) is 4.37. The molecule has 0 heterocycles. The highest BCUT2D eigenvalue weighted by Gasteiger charge is 2.30. The van der Waals surface area contributed by atoms with Gasteiger partial charge in [0.2, 0.25) is 0 Å². The smallest absolute Gasteiger partial charge is 0.360 e. The molecule has 0 fully saturated rings. The number of nitrogens with zero attached hydrogens (tertiary/aromatic N) is 1. The van der Waals surface area contributed by atoms with E-state index in [-0.39, 0.29) is 17.0 Å². The van der Waals surface area contributed by atoms with E-state index in [4.69, 9.17) is 5.26 Å². The Morgan fingerprint density at radius 1 is 1.07 bits per heavy atom. The average Bonchev–Trinajstić information content (AvgIpc) is 2.62. The molecule has 0 bridgehead atoms. The van der Waals surface area contributed by atoms with Gasteiger partial charge in [0.15, 0.2) is 5.78 Å². The van der Waals surface area contributed by atoms with Crippen LogP contribution >= 0.6 is 0 Å². The molecular weight excluding hydrogens is 359 g/mol. The number of ketones is 1. The fourth-order valence-electron chi connectivity index (χ4n) is 2.08. The SMILES string of the molecule is CC(=O)c1ccc(N/C=C(/C#N)C(=O)Nc2cccc(C(F)(F)F)c2)cc1. The van der Waals surface area contributed by atoms with E-state index < -0.39 is 17.6 Å². The summed E-state index contributed by atoms with van der Waals surface area (Å²) >= 11 is 0. The van der Waals surface area contributed by atoms with E-state index in [2.05, 4.69) is 10.6 Å². The summed E-state index contributed by atoms with van der Waals surface area (Å²) in [6.45, 7) is 1.42. The highest BCUT2D eigenvalue weighted by atomic mass is 19.4. The van der Waals surface area contributed by atoms with Crippen molar-refractivity contribution >= 4 is 23.1 Å². The number of nitriles is 1. The third-order valence-corrected chi connectivity index (χ3v) is 3.49. The zero-order valence-electron chi connectivity index (χ0n) is 14.1. The molecule has 2 aromatic carbocycles. The maximum absolute atomic E-state index is 12.7. The van der Waals surface area contributed by atoms with Gasteiger partial charge in [0, 0.05) is 23.1 Å². The van der Waals surface area contributed by atoms with E-state index in [1.165, 1.54) is 13.0 Å². The van der Waals surface area contributed by atoms with E-state index in [1.807, 2.05) is 0 Å². The highest BCUT2D eigenvalue weighted by Crippen LogP contribution is 2.30. The number of carbonyl (C=O) groups excluding carboxylic acids is 2. The van der Waals surface area contributed by atoms with Crippen molar-refractivity contribution in [2.24, 2.45) is 0 Å². The molecule has 138 valence electrons. The lowest BCUT2D eigenvalue weighted by molar-refractivity contribution is -0.137. The van der Waals surface area contributed by atoms with Gasteiger partial charge in [0.25, 0.3) is 5.91 Å². The van der Waals surface area contributed by atoms with Crippen molar-refractivity contribution in [3.05, 3.63) is 71.4 Å². The number of hydrogen-bond acceptors (Lipinski definition) is 4. The van der Waals surface area contributed by atoms with Gasteiger partial charge >= 0.3 is 6.18 Å². The molecule has 2 N–H and O–H groups in total. The van der Waals surface area contributed by atoms with Gasteiger partial charge in [0.1, 0.15) is 11.6 Å². The van der Waals surface area contributed by atoms with Crippen molar-refractivity contribution in [2.75, 3.05) is 10.6 Å². The molecule has 0 saturated carbocycles. The van der Waals surface area contributed by atoms with Crippen molar-refractivity contribution in [1.82, 2.24) is 0 Å². The van der Waals surface area contributed by atoms with Crippen LogP contribution in [0.4, 0.5) is 24.5 Å². The molecule has 0 aliphatic heterocycles. The summed E-state index contributed by atoms with van der Waals surface area (Å²) in [6.07, 6.45) is -3.41. The fourth-order valence-corrected chi connectivity index (χ4v) is 2.08. The lowest BCUT2D eigenvalue weighted by Crippen LogP contribution is -2.15. The quantitative estimate of drug-likeness (QED) is 0.463. The van der Waals surface area contributed by atoms with Crippen molar-refractivity contribution in [3.8, 4) is 6.07 Å². The summed E-state index contributed by atoms with van der Waals surface area (Å²) in [5, 5.41) is 14.1. The van der Waals surface area contributed by atoms with Crippen LogP contribution in [0, 0.1) is 11.3 Å². The number of alkyl halides is 3. The summed E-state index contributed by atoms with van der Waals surface area (Å²) < 4.78 is 38.1. The van der Waals surface area contributed by atoms with E-state index in [0.717, 1.165) is 24.4 Å². The molecule has 2 aromatic rings. The normalized spacial score (nSPS) is 11.4. The lowest BCUT2D eigenvalue weighted by atomic mass is 10.1. The van der Waals surface area contributed by atoms with Gasteiger partial charge in [-0.1, -0.05) is 6.07 Å². The first-order valence-corrected chi connectivity index (χ1v) is 7.67. The number of Topliss-reactive ketones (excluding diaryl/α,β-unsaturated/α-hetero) is 1. The molecule has 5 nitrogen and oxygen atoms in total. The molecule has 0 saturated heterocycles. The highest BCUT2D eigenvalue weighted by molar-refractivity contribution is 6.06. The molecule has 1 amide bonds. The summed E-state index contributed by atoms with van der Waals surface area (Å²) in [5.41, 5.74) is -0.289. The van der Waals surface area contributed by atoms with Gasteiger partial charge in [-0.3, -0.25) is 9.59 Å². The number of rotatable bonds is 5. The first kappa shape index (κ1) is 19.7. The molecule has 0 spiro atoms. The Morgan fingerprint density at radius 3 is 2.30 bits per heavy atom. The zero-order chi connectivity index (χ0) is 20.0. The molecule has 0 aliphatic rings. The second-order valence-corrected chi connectivity index (χ2v) is 5.48. The summed E-state index contributed by atoms with van der Waals surface area (Å²) in [4.78, 5) is 23.3. The Hall–Kier alpha value is -3.60. The third-order valence-electron chi connectivity index (χ3n) is 3.49. The number of anilines is 2. The van der Waals surface area contributed by atoms with Crippen LogP contribution in [0.5, 0.6) is 0 Å². The minimum Gasteiger partial charge on any atom is -0.360 e. The van der Waals surface area contributed by atoms with Crippen molar-refractivity contribution < 1.29 is 22.8 Å². The van der Waals surface area contributed by atoms with Gasteiger partial charge in [-0.25, -0.2) is 0 Å². The van der Waals surface area contributed by atoms with Crippen molar-refractivity contribution in [1.29, 1.82) is 5.26 Å². The summed E-state index contributed by atoms with van der Waals surface area (Å²) in [7, 11) is 0. The van der Waals surface area contributed by atoms with Gasteiger partial charge in [-0.05, 0) is 49.4 Å². The topological polar surface area (TPSA) is 82.0 Å². The molecule has 0 aliphatic carbocycles. The fraction of sp³-hybridized carbons (Fsp3) is 0.105. The van der Waals surface area contributed by atoms with Gasteiger partial charge < -0.3 is 10.6 Å². The molecule has 0 radical (unpaired) electrons. The van der Waals surface area contributed by atoms with E-state index in [0.29, 0.717) is 11.3 Å². The van der Waals surface area contributed by atoms with Crippen LogP contribution < -0.4 is 10.6 Å². The van der Waals surface area contributed by atoms with E-state index >= 15 is 0 Å². The number of halogens is 3. The van der Waals surface area contributed by atoms with Crippen LogP contribution in [0.15, 0.2) is 60.3 Å². The molecule has 2 rings (SSSR count). The Kier molecular flexibility index (Phi) is 5.98. The second kappa shape index (κ2) is 8.19. The summed E-state index contributed by atoms with van der Waals surface area (Å²) in [6, 6.07) is 12.1. The first-order chi connectivity index (χ1) is 12.7. The molecule has 8 heteroatoms. The Morgan fingerprint density at radius 2 is 1.74 bits per heavy atom. The lowest BCUT2D eigenvalue weighted by Gasteiger charge is -2.09. The van der Waals surface area contributed by atoms with Gasteiger partial charge in [0.05, 0.1) is 5.56 Å². The Balaban J connectivity index is 2.10. The Bertz CT molecular complexity index is 926. The summed E-state index contributed by atoms with van der Waals surface area (Å²) in [5.74, 6) is -0.958. The number of carbonyl (C=O) groups is 2. The maximum Gasteiger partial charge on any atom is 0.416 e. The standard InChI is InChI=1S/C19H14F3N3O2/c1-12(26)13-5-7-16(8-6-13)24-11-14(10-23)18(27)25-17-4-2-3-15(9-17)19(20,21)22/h2-9,11,24H,1H3,(H,25,27)/b14-11-. The number of amides is 1. The minimum atomic E-state index is -4.54. The molecule has 0 atom stereocenters.